The second-order valence-corrected chi connectivity index (χ2v) is 4.40. The van der Waals surface area contributed by atoms with Gasteiger partial charge in [0.05, 0.1) is 10.9 Å². The molecule has 0 spiro atoms. The van der Waals surface area contributed by atoms with Gasteiger partial charge in [-0.25, -0.2) is 15.0 Å². The molecule has 18 heavy (non-hydrogen) atoms. The number of hydrogen-bond donors (Lipinski definition) is 0. The fraction of sp³-hybridized carbons (Fsp3) is 0.167. The van der Waals surface area contributed by atoms with Gasteiger partial charge in [-0.2, -0.15) is 5.26 Å². The lowest BCUT2D eigenvalue weighted by atomic mass is 10.1. The van der Waals surface area contributed by atoms with Crippen molar-refractivity contribution in [1.82, 2.24) is 19.5 Å². The zero-order chi connectivity index (χ0) is 12.9. The Morgan fingerprint density at radius 3 is 2.89 bits per heavy atom. The van der Waals surface area contributed by atoms with Crippen molar-refractivity contribution in [2.24, 2.45) is 7.05 Å². The van der Waals surface area contributed by atoms with Gasteiger partial charge >= 0.3 is 0 Å². The summed E-state index contributed by atoms with van der Waals surface area (Å²) in [4.78, 5) is 12.6. The van der Waals surface area contributed by atoms with Gasteiger partial charge in [0.15, 0.2) is 5.15 Å². The van der Waals surface area contributed by atoms with E-state index in [1.165, 1.54) is 6.33 Å². The van der Waals surface area contributed by atoms with Crippen LogP contribution in [0.5, 0.6) is 0 Å². The number of halogens is 1. The smallest absolute Gasteiger partial charge is 0.156 e. The van der Waals surface area contributed by atoms with E-state index in [2.05, 4.69) is 21.0 Å². The first-order valence-corrected chi connectivity index (χ1v) is 5.67. The molecule has 0 saturated carbocycles. The van der Waals surface area contributed by atoms with E-state index in [0.717, 1.165) is 11.1 Å². The molecule has 5 nitrogen and oxygen atoms in total. The van der Waals surface area contributed by atoms with Gasteiger partial charge in [0.1, 0.15) is 29.1 Å². The van der Waals surface area contributed by atoms with Crippen molar-refractivity contribution in [2.75, 3.05) is 0 Å². The van der Waals surface area contributed by atoms with E-state index < -0.39 is 0 Å². The van der Waals surface area contributed by atoms with E-state index in [4.69, 9.17) is 11.6 Å². The first kappa shape index (κ1) is 10.9. The van der Waals surface area contributed by atoms with Crippen LogP contribution in [0.15, 0.2) is 12.4 Å². The Morgan fingerprint density at radius 2 is 2.17 bits per heavy atom. The third-order valence-corrected chi connectivity index (χ3v) is 3.19. The second kappa shape index (κ2) is 3.65. The number of fused-ring (bicyclic) bond motifs is 3. The predicted molar refractivity (Wildman–Crippen MR) is 68.3 cm³/mol. The molecule has 0 aliphatic carbocycles. The summed E-state index contributed by atoms with van der Waals surface area (Å²) in [5.41, 5.74) is 3.40. The van der Waals surface area contributed by atoms with Crippen molar-refractivity contribution >= 4 is 33.7 Å². The van der Waals surface area contributed by atoms with E-state index in [-0.39, 0.29) is 0 Å². The van der Waals surface area contributed by atoms with Gasteiger partial charge < -0.3 is 4.57 Å². The standard InChI is InChI=1S/C12H8ClN5/c1-6-3-7(4-14)8-9-10(11(13)16-5-15-9)18(2)12(8)17-6/h3,5H,1-2H3. The average molecular weight is 258 g/mol. The topological polar surface area (TPSA) is 67.4 Å². The molecule has 0 atom stereocenters. The Kier molecular flexibility index (Phi) is 2.22. The van der Waals surface area contributed by atoms with Crippen LogP contribution in [0.25, 0.3) is 22.1 Å². The van der Waals surface area contributed by atoms with Crippen LogP contribution in [0.3, 0.4) is 0 Å². The van der Waals surface area contributed by atoms with E-state index in [9.17, 15) is 5.26 Å². The molecule has 3 rings (SSSR count). The van der Waals surface area contributed by atoms with Gasteiger partial charge in [-0.1, -0.05) is 11.6 Å². The quantitative estimate of drug-likeness (QED) is 0.580. The molecule has 0 amide bonds. The van der Waals surface area contributed by atoms with Crippen molar-refractivity contribution < 1.29 is 0 Å². The molecule has 88 valence electrons. The highest BCUT2D eigenvalue weighted by Gasteiger charge is 2.17. The summed E-state index contributed by atoms with van der Waals surface area (Å²) in [5.74, 6) is 0. The summed E-state index contributed by atoms with van der Waals surface area (Å²) >= 11 is 6.09. The first-order chi connectivity index (χ1) is 8.63. The Bertz CT molecular complexity index is 828. The lowest BCUT2D eigenvalue weighted by Crippen LogP contribution is -1.93. The Morgan fingerprint density at radius 1 is 1.39 bits per heavy atom. The molecule has 0 N–H and O–H groups in total. The molecule has 0 bridgehead atoms. The molecule has 3 aromatic heterocycles. The number of pyridine rings is 1. The van der Waals surface area contributed by atoms with Crippen LogP contribution in [0.4, 0.5) is 0 Å². The maximum atomic E-state index is 9.23. The van der Waals surface area contributed by atoms with Crippen molar-refractivity contribution in [1.29, 1.82) is 5.26 Å². The van der Waals surface area contributed by atoms with Gasteiger partial charge in [-0.3, -0.25) is 0 Å². The molecule has 0 unspecified atom stereocenters. The molecule has 0 aromatic carbocycles. The minimum atomic E-state index is 0.363. The van der Waals surface area contributed by atoms with Crippen LogP contribution in [0.1, 0.15) is 11.3 Å². The molecular weight excluding hydrogens is 250 g/mol. The Labute approximate surface area is 108 Å². The highest BCUT2D eigenvalue weighted by molar-refractivity contribution is 6.34. The molecule has 3 aromatic rings. The predicted octanol–water partition coefficient (Wildman–Crippen LogP) is 2.35. The number of nitriles is 1. The number of aryl methyl sites for hydroxylation is 2. The lowest BCUT2D eigenvalue weighted by Gasteiger charge is -1.99. The largest absolute Gasteiger partial charge is 0.324 e. The average Bonchev–Trinajstić information content (AvgIpc) is 2.63. The van der Waals surface area contributed by atoms with Crippen LogP contribution in [-0.2, 0) is 7.05 Å². The lowest BCUT2D eigenvalue weighted by molar-refractivity contribution is 0.975. The summed E-state index contributed by atoms with van der Waals surface area (Å²) in [7, 11) is 1.84. The van der Waals surface area contributed by atoms with E-state index in [0.29, 0.717) is 27.4 Å². The fourth-order valence-electron chi connectivity index (χ4n) is 2.16. The summed E-state index contributed by atoms with van der Waals surface area (Å²) in [6, 6.07) is 3.93. The summed E-state index contributed by atoms with van der Waals surface area (Å²) < 4.78 is 1.82. The normalized spacial score (nSPS) is 11.0. The zero-order valence-corrected chi connectivity index (χ0v) is 10.5. The summed E-state index contributed by atoms with van der Waals surface area (Å²) in [6.07, 6.45) is 1.39. The number of nitrogens with zero attached hydrogens (tertiary/aromatic N) is 5. The third kappa shape index (κ3) is 1.30. The van der Waals surface area contributed by atoms with Crippen LogP contribution < -0.4 is 0 Å². The molecule has 6 heteroatoms. The number of hydrogen-bond acceptors (Lipinski definition) is 4. The van der Waals surface area contributed by atoms with Crippen molar-refractivity contribution in [3.63, 3.8) is 0 Å². The van der Waals surface area contributed by atoms with Gasteiger partial charge in [0, 0.05) is 12.7 Å². The molecule has 0 fully saturated rings. The molecule has 3 heterocycles. The Hall–Kier alpha value is -2.19. The molecule has 0 saturated heterocycles. The zero-order valence-electron chi connectivity index (χ0n) is 9.77. The highest BCUT2D eigenvalue weighted by Crippen LogP contribution is 2.31. The van der Waals surface area contributed by atoms with Gasteiger partial charge in [-0.05, 0) is 13.0 Å². The monoisotopic (exact) mass is 257 g/mol. The van der Waals surface area contributed by atoms with Crippen LogP contribution in [0, 0.1) is 18.3 Å². The third-order valence-electron chi connectivity index (χ3n) is 2.92. The minimum Gasteiger partial charge on any atom is -0.324 e. The first-order valence-electron chi connectivity index (χ1n) is 5.30. The second-order valence-electron chi connectivity index (χ2n) is 4.04. The molecule has 0 aliphatic rings. The molecule has 0 radical (unpaired) electrons. The highest BCUT2D eigenvalue weighted by atomic mass is 35.5. The van der Waals surface area contributed by atoms with Crippen molar-refractivity contribution in [3.8, 4) is 6.07 Å². The van der Waals surface area contributed by atoms with Crippen LogP contribution >= 0.6 is 11.6 Å². The minimum absolute atomic E-state index is 0.363. The molecular formula is C12H8ClN5. The van der Waals surface area contributed by atoms with E-state index >= 15 is 0 Å². The number of rotatable bonds is 0. The molecule has 0 aliphatic heterocycles. The van der Waals surface area contributed by atoms with E-state index in [1.807, 2.05) is 18.5 Å². The summed E-state index contributed by atoms with van der Waals surface area (Å²) in [5, 5.41) is 10.3. The van der Waals surface area contributed by atoms with Gasteiger partial charge in [0.2, 0.25) is 0 Å². The summed E-state index contributed by atoms with van der Waals surface area (Å²) in [6.45, 7) is 1.85. The maximum absolute atomic E-state index is 9.23. The van der Waals surface area contributed by atoms with Gasteiger partial charge in [-0.15, -0.1) is 0 Å². The van der Waals surface area contributed by atoms with Gasteiger partial charge in [0.25, 0.3) is 0 Å². The van der Waals surface area contributed by atoms with E-state index in [1.54, 1.807) is 6.07 Å². The fourth-order valence-corrected chi connectivity index (χ4v) is 2.42. The Balaban J connectivity index is 2.70. The van der Waals surface area contributed by atoms with Crippen molar-refractivity contribution in [3.05, 3.63) is 28.8 Å². The SMILES string of the molecule is Cc1cc(C#N)c2c3ncnc(Cl)c3n(C)c2n1. The van der Waals surface area contributed by atoms with Crippen LogP contribution in [0.2, 0.25) is 5.15 Å². The maximum Gasteiger partial charge on any atom is 0.156 e. The van der Waals surface area contributed by atoms with Crippen molar-refractivity contribution in [2.45, 2.75) is 6.92 Å². The number of aromatic nitrogens is 4. The van der Waals surface area contributed by atoms with Crippen LogP contribution in [-0.4, -0.2) is 19.5 Å².